The molecule has 0 unspecified atom stereocenters. The number of unbranched alkanes of at least 4 members (excludes halogenated alkanes) is 1. The van der Waals surface area contributed by atoms with Crippen LogP contribution in [0.4, 0.5) is 16.2 Å². The molecule has 3 aromatic rings. The Bertz CT molecular complexity index is 866. The van der Waals surface area contributed by atoms with Crippen LogP contribution in [-0.2, 0) is 6.54 Å². The number of hydrogen-bond acceptors (Lipinski definition) is 1. The Morgan fingerprint density at radius 3 is 1.79 bits per heavy atom. The molecule has 0 saturated heterocycles. The van der Waals surface area contributed by atoms with E-state index in [9.17, 15) is 4.79 Å². The van der Waals surface area contributed by atoms with Gasteiger partial charge in [-0.2, -0.15) is 0 Å². The Hall–Kier alpha value is -2.49. The first-order valence-electron chi connectivity index (χ1n) is 9.72. The summed E-state index contributed by atoms with van der Waals surface area (Å²) in [5.74, 6) is 0. The molecule has 0 bridgehead atoms. The van der Waals surface area contributed by atoms with Crippen LogP contribution in [0.25, 0.3) is 0 Å². The smallest absolute Gasteiger partial charge is 0.320 e. The molecule has 3 rings (SSSR count). The third-order valence-electron chi connectivity index (χ3n) is 4.63. The zero-order chi connectivity index (χ0) is 20.6. The van der Waals surface area contributed by atoms with Gasteiger partial charge in [0.25, 0.3) is 0 Å². The molecule has 0 aliphatic carbocycles. The molecular weight excluding hydrogens is 403 g/mol. The van der Waals surface area contributed by atoms with Crippen LogP contribution < -0.4 is 4.90 Å². The maximum absolute atomic E-state index is 13.7. The van der Waals surface area contributed by atoms with Crippen molar-refractivity contribution in [1.82, 2.24) is 4.90 Å². The molecular formula is C24H24Cl2N2O. The second-order valence-electron chi connectivity index (χ2n) is 6.83. The minimum atomic E-state index is -0.0769. The van der Waals surface area contributed by atoms with Gasteiger partial charge in [-0.25, -0.2) is 4.79 Å². The van der Waals surface area contributed by atoms with Crippen molar-refractivity contribution in [3.05, 3.63) is 94.5 Å². The van der Waals surface area contributed by atoms with Crippen molar-refractivity contribution in [2.45, 2.75) is 26.3 Å². The van der Waals surface area contributed by atoms with Crippen LogP contribution in [0.15, 0.2) is 78.9 Å². The Balaban J connectivity index is 1.97. The van der Waals surface area contributed by atoms with Gasteiger partial charge in [-0.15, -0.1) is 0 Å². The molecule has 0 radical (unpaired) electrons. The van der Waals surface area contributed by atoms with Crippen LogP contribution in [0.5, 0.6) is 0 Å². The van der Waals surface area contributed by atoms with Crippen LogP contribution in [-0.4, -0.2) is 17.5 Å². The average molecular weight is 427 g/mol. The summed E-state index contributed by atoms with van der Waals surface area (Å²) in [6.07, 6.45) is 1.95. The largest absolute Gasteiger partial charge is 0.329 e. The molecule has 0 saturated carbocycles. The Morgan fingerprint density at radius 2 is 1.31 bits per heavy atom. The molecule has 0 aliphatic rings. The molecule has 150 valence electrons. The summed E-state index contributed by atoms with van der Waals surface area (Å²) in [6, 6.07) is 24.6. The monoisotopic (exact) mass is 426 g/mol. The van der Waals surface area contributed by atoms with Crippen molar-refractivity contribution in [2.24, 2.45) is 0 Å². The van der Waals surface area contributed by atoms with Gasteiger partial charge in [0.1, 0.15) is 0 Å². The molecule has 0 N–H and O–H groups in total. The Labute approximate surface area is 182 Å². The highest BCUT2D eigenvalue weighted by Crippen LogP contribution is 2.29. The number of amides is 2. The minimum absolute atomic E-state index is 0.0769. The fourth-order valence-electron chi connectivity index (χ4n) is 3.09. The summed E-state index contributed by atoms with van der Waals surface area (Å²) < 4.78 is 0. The highest BCUT2D eigenvalue weighted by Gasteiger charge is 2.24. The van der Waals surface area contributed by atoms with E-state index in [4.69, 9.17) is 23.2 Å². The molecule has 3 nitrogen and oxygen atoms in total. The SMILES string of the molecule is CCCCN(Cc1ccccc1)C(=O)N(c1ccc(Cl)cc1)c1ccc(Cl)cc1. The van der Waals surface area contributed by atoms with Crippen LogP contribution in [0.1, 0.15) is 25.3 Å². The standard InChI is InChI=1S/C24H24Cl2N2O/c1-2-3-17-27(18-19-7-5-4-6-8-19)24(29)28(22-13-9-20(25)10-14-22)23-15-11-21(26)12-16-23/h4-16H,2-3,17-18H2,1H3. The highest BCUT2D eigenvalue weighted by molar-refractivity contribution is 6.31. The lowest BCUT2D eigenvalue weighted by Gasteiger charge is -2.31. The molecule has 0 aliphatic heterocycles. The van der Waals surface area contributed by atoms with E-state index in [2.05, 4.69) is 6.92 Å². The number of urea groups is 1. The summed E-state index contributed by atoms with van der Waals surface area (Å²) in [4.78, 5) is 17.3. The minimum Gasteiger partial charge on any atom is -0.320 e. The molecule has 3 aromatic carbocycles. The van der Waals surface area contributed by atoms with Crippen LogP contribution in [0.2, 0.25) is 10.0 Å². The Morgan fingerprint density at radius 1 is 0.793 bits per heavy atom. The van der Waals surface area contributed by atoms with Gasteiger partial charge in [0.15, 0.2) is 0 Å². The lowest BCUT2D eigenvalue weighted by atomic mass is 10.2. The second kappa shape index (κ2) is 10.3. The van der Waals surface area contributed by atoms with E-state index in [1.165, 1.54) is 0 Å². The molecule has 0 atom stereocenters. The van der Waals surface area contributed by atoms with E-state index in [0.29, 0.717) is 23.1 Å². The lowest BCUT2D eigenvalue weighted by Crippen LogP contribution is -2.41. The highest BCUT2D eigenvalue weighted by atomic mass is 35.5. The van der Waals surface area contributed by atoms with Gasteiger partial charge in [-0.05, 0) is 60.5 Å². The second-order valence-corrected chi connectivity index (χ2v) is 7.70. The van der Waals surface area contributed by atoms with Gasteiger partial charge in [0, 0.05) is 23.1 Å². The van der Waals surface area contributed by atoms with E-state index in [1.807, 2.05) is 59.5 Å². The number of rotatable bonds is 7. The van der Waals surface area contributed by atoms with Crippen molar-refractivity contribution in [2.75, 3.05) is 11.4 Å². The average Bonchev–Trinajstić information content (AvgIpc) is 2.74. The van der Waals surface area contributed by atoms with Crippen molar-refractivity contribution in [3.8, 4) is 0 Å². The Kier molecular flexibility index (Phi) is 7.56. The van der Waals surface area contributed by atoms with Gasteiger partial charge in [0.2, 0.25) is 0 Å². The lowest BCUT2D eigenvalue weighted by molar-refractivity contribution is 0.203. The van der Waals surface area contributed by atoms with Crippen LogP contribution in [0, 0.1) is 0 Å². The summed E-state index contributed by atoms with van der Waals surface area (Å²) >= 11 is 12.1. The topological polar surface area (TPSA) is 23.6 Å². The van der Waals surface area contributed by atoms with Crippen molar-refractivity contribution in [1.29, 1.82) is 0 Å². The number of carbonyl (C=O) groups excluding carboxylic acids is 1. The van der Waals surface area contributed by atoms with Gasteiger partial charge >= 0.3 is 6.03 Å². The molecule has 0 heterocycles. The van der Waals surface area contributed by atoms with Gasteiger partial charge in [0.05, 0.1) is 11.4 Å². The van der Waals surface area contributed by atoms with Crippen molar-refractivity contribution in [3.63, 3.8) is 0 Å². The number of hydrogen-bond donors (Lipinski definition) is 0. The summed E-state index contributed by atoms with van der Waals surface area (Å²) in [5, 5.41) is 1.26. The fraction of sp³-hybridized carbons (Fsp3) is 0.208. The normalized spacial score (nSPS) is 10.6. The van der Waals surface area contributed by atoms with Crippen LogP contribution in [0.3, 0.4) is 0 Å². The van der Waals surface area contributed by atoms with E-state index >= 15 is 0 Å². The molecule has 0 spiro atoms. The van der Waals surface area contributed by atoms with Gasteiger partial charge < -0.3 is 4.90 Å². The number of carbonyl (C=O) groups is 1. The number of anilines is 2. The maximum atomic E-state index is 13.7. The molecule has 0 aromatic heterocycles. The summed E-state index contributed by atoms with van der Waals surface area (Å²) in [5.41, 5.74) is 2.62. The summed E-state index contributed by atoms with van der Waals surface area (Å²) in [6.45, 7) is 3.36. The van der Waals surface area contributed by atoms with E-state index in [-0.39, 0.29) is 6.03 Å². The van der Waals surface area contributed by atoms with E-state index < -0.39 is 0 Å². The summed E-state index contributed by atoms with van der Waals surface area (Å²) in [7, 11) is 0. The number of benzene rings is 3. The van der Waals surface area contributed by atoms with Crippen molar-refractivity contribution >= 4 is 40.6 Å². The molecule has 5 heteroatoms. The number of halogens is 2. The third-order valence-corrected chi connectivity index (χ3v) is 5.13. The first-order chi connectivity index (χ1) is 14.1. The van der Waals surface area contributed by atoms with E-state index in [0.717, 1.165) is 29.8 Å². The number of nitrogens with zero attached hydrogens (tertiary/aromatic N) is 2. The molecule has 2 amide bonds. The van der Waals surface area contributed by atoms with Gasteiger partial charge in [-0.3, -0.25) is 4.90 Å². The zero-order valence-corrected chi connectivity index (χ0v) is 17.9. The van der Waals surface area contributed by atoms with Crippen molar-refractivity contribution < 1.29 is 4.79 Å². The molecule has 0 fully saturated rings. The molecule has 29 heavy (non-hydrogen) atoms. The van der Waals surface area contributed by atoms with E-state index in [1.54, 1.807) is 29.2 Å². The zero-order valence-electron chi connectivity index (χ0n) is 16.4. The van der Waals surface area contributed by atoms with Gasteiger partial charge in [-0.1, -0.05) is 66.9 Å². The predicted octanol–water partition coefficient (Wildman–Crippen LogP) is 7.55. The third kappa shape index (κ3) is 5.75. The predicted molar refractivity (Wildman–Crippen MR) is 122 cm³/mol. The first-order valence-corrected chi connectivity index (χ1v) is 10.5. The fourth-order valence-corrected chi connectivity index (χ4v) is 3.34. The first kappa shape index (κ1) is 21.2. The quantitative estimate of drug-likeness (QED) is 0.382. The van der Waals surface area contributed by atoms with Crippen LogP contribution >= 0.6 is 23.2 Å². The maximum Gasteiger partial charge on any atom is 0.329 e.